The quantitative estimate of drug-likeness (QED) is 0.193. The molecule has 0 unspecified atom stereocenters. The Kier molecular flexibility index (Phi) is 9.39. The number of thioether (sulfide) groups is 1. The number of carbonyl (C=O) groups is 1. The van der Waals surface area contributed by atoms with Crippen LogP contribution in [0.5, 0.6) is 5.75 Å². The van der Waals surface area contributed by atoms with Gasteiger partial charge >= 0.3 is 0 Å². The molecule has 3 rings (SSSR count). The number of thiocarbonyl (C=S) groups is 1. The summed E-state index contributed by atoms with van der Waals surface area (Å²) in [5, 5.41) is 8.60. The fourth-order valence-corrected chi connectivity index (χ4v) is 3.55. The summed E-state index contributed by atoms with van der Waals surface area (Å²) in [7, 11) is 3.82. The highest BCUT2D eigenvalue weighted by Gasteiger charge is 2.09. The Morgan fingerprint density at radius 3 is 2.63 bits per heavy atom. The van der Waals surface area contributed by atoms with Gasteiger partial charge in [-0.05, 0) is 48.5 Å². The van der Waals surface area contributed by atoms with E-state index < -0.39 is 5.82 Å². The van der Waals surface area contributed by atoms with Gasteiger partial charge in [0.25, 0.3) is 0 Å². The topological polar surface area (TPSA) is 91.4 Å². The molecular weight excluding hydrogens is 487 g/mol. The summed E-state index contributed by atoms with van der Waals surface area (Å²) in [6, 6.07) is 14.1. The van der Waals surface area contributed by atoms with Gasteiger partial charge in [0.15, 0.2) is 11.6 Å². The molecule has 35 heavy (non-hydrogen) atoms. The molecule has 1 amide bonds. The van der Waals surface area contributed by atoms with Crippen LogP contribution in [0.15, 0.2) is 67.4 Å². The molecule has 1 aromatic heterocycles. The second-order valence-corrected chi connectivity index (χ2v) is 9.02. The molecule has 0 radical (unpaired) electrons. The van der Waals surface area contributed by atoms with E-state index in [1.54, 1.807) is 36.0 Å². The van der Waals surface area contributed by atoms with Gasteiger partial charge in [-0.2, -0.15) is 4.98 Å². The van der Waals surface area contributed by atoms with E-state index in [2.05, 4.69) is 32.5 Å². The lowest BCUT2D eigenvalue weighted by Crippen LogP contribution is -2.17. The molecule has 1 heterocycles. The second kappa shape index (κ2) is 12.7. The van der Waals surface area contributed by atoms with E-state index in [4.69, 9.17) is 17.0 Å². The largest absolute Gasteiger partial charge is 0.493 e. The molecule has 0 aliphatic rings. The first-order chi connectivity index (χ1) is 16.8. The number of anilines is 5. The number of ether oxygens (including phenoxy) is 1. The molecule has 0 spiro atoms. The van der Waals surface area contributed by atoms with Gasteiger partial charge < -0.3 is 25.6 Å². The summed E-state index contributed by atoms with van der Waals surface area (Å²) in [4.78, 5) is 21.6. The first kappa shape index (κ1) is 25.9. The van der Waals surface area contributed by atoms with Gasteiger partial charge in [-0.1, -0.05) is 36.6 Å². The van der Waals surface area contributed by atoms with Crippen molar-refractivity contribution in [2.45, 2.75) is 0 Å². The maximum absolute atomic E-state index is 14.3. The fourth-order valence-electron chi connectivity index (χ4n) is 2.70. The molecule has 0 bridgehead atoms. The van der Waals surface area contributed by atoms with Crippen LogP contribution in [-0.2, 0) is 4.79 Å². The molecule has 3 N–H and O–H groups in total. The Hall–Kier alpha value is -3.70. The Balaban J connectivity index is 1.59. The average Bonchev–Trinajstić information content (AvgIpc) is 2.85. The van der Waals surface area contributed by atoms with Gasteiger partial charge in [0, 0.05) is 36.9 Å². The van der Waals surface area contributed by atoms with Crippen LogP contribution in [-0.4, -0.2) is 51.6 Å². The number of rotatable bonds is 10. The maximum Gasteiger partial charge on any atom is 0.247 e. The molecule has 3 aromatic rings. The van der Waals surface area contributed by atoms with Crippen LogP contribution in [0.3, 0.4) is 0 Å². The zero-order valence-electron chi connectivity index (χ0n) is 19.2. The minimum absolute atomic E-state index is 0.0113. The molecule has 0 aliphatic carbocycles. The summed E-state index contributed by atoms with van der Waals surface area (Å²) in [5.41, 5.74) is 1.79. The minimum Gasteiger partial charge on any atom is -0.493 e. The average molecular weight is 513 g/mol. The number of nitrogens with one attached hydrogen (secondary N) is 3. The van der Waals surface area contributed by atoms with E-state index in [-0.39, 0.29) is 17.7 Å². The third-order valence-electron chi connectivity index (χ3n) is 4.38. The predicted octanol–water partition coefficient (Wildman–Crippen LogP) is 5.19. The summed E-state index contributed by atoms with van der Waals surface area (Å²) in [6.07, 6.45) is 2.25. The van der Waals surface area contributed by atoms with Crippen LogP contribution in [0.25, 0.3) is 0 Å². The first-order valence-corrected chi connectivity index (χ1v) is 11.9. The van der Waals surface area contributed by atoms with Gasteiger partial charge in [0.1, 0.15) is 10.1 Å². The lowest BCUT2D eigenvalue weighted by atomic mass is 10.2. The normalized spacial score (nSPS) is 10.3. The van der Waals surface area contributed by atoms with Crippen molar-refractivity contribution in [2.24, 2.45) is 0 Å². The second-order valence-electron chi connectivity index (χ2n) is 7.30. The van der Waals surface area contributed by atoms with Gasteiger partial charge in [-0.25, -0.2) is 9.37 Å². The number of hydrogen-bond acceptors (Lipinski definition) is 8. The number of nitrogens with zero attached hydrogens (tertiary/aromatic N) is 3. The number of hydrogen-bond donors (Lipinski definition) is 3. The molecule has 0 atom stereocenters. The highest BCUT2D eigenvalue weighted by molar-refractivity contribution is 8.22. The van der Waals surface area contributed by atoms with Crippen LogP contribution >= 0.6 is 24.0 Å². The molecule has 182 valence electrons. The van der Waals surface area contributed by atoms with Crippen molar-refractivity contribution >= 4 is 63.0 Å². The SMILES string of the molecule is C=CC(=O)Nc1cccc(Nc2nc(Nc3ccc(OCCSC(=S)N(C)C)cc3)ncc2F)c1. The van der Waals surface area contributed by atoms with E-state index in [1.165, 1.54) is 6.08 Å². The number of amides is 1. The molecule has 2 aromatic carbocycles. The zero-order valence-corrected chi connectivity index (χ0v) is 20.9. The Morgan fingerprint density at radius 1 is 1.17 bits per heavy atom. The van der Waals surface area contributed by atoms with Crippen molar-refractivity contribution in [2.75, 3.05) is 42.4 Å². The van der Waals surface area contributed by atoms with Gasteiger partial charge in [0.2, 0.25) is 11.9 Å². The molecule has 8 nitrogen and oxygen atoms in total. The van der Waals surface area contributed by atoms with Crippen molar-refractivity contribution in [3.8, 4) is 5.75 Å². The maximum atomic E-state index is 14.3. The van der Waals surface area contributed by atoms with Crippen LogP contribution < -0.4 is 20.7 Å². The summed E-state index contributed by atoms with van der Waals surface area (Å²) in [6.45, 7) is 3.95. The van der Waals surface area contributed by atoms with Crippen LogP contribution in [0, 0.1) is 5.82 Å². The molecule has 0 saturated heterocycles. The van der Waals surface area contributed by atoms with Crippen molar-refractivity contribution in [1.29, 1.82) is 0 Å². The number of benzene rings is 2. The van der Waals surface area contributed by atoms with Gasteiger partial charge in [-0.3, -0.25) is 4.79 Å². The highest BCUT2D eigenvalue weighted by atomic mass is 32.2. The van der Waals surface area contributed by atoms with E-state index in [0.29, 0.717) is 23.7 Å². The summed E-state index contributed by atoms with van der Waals surface area (Å²) >= 11 is 6.79. The van der Waals surface area contributed by atoms with Crippen molar-refractivity contribution in [3.05, 3.63) is 73.2 Å². The van der Waals surface area contributed by atoms with E-state index in [0.717, 1.165) is 22.0 Å². The van der Waals surface area contributed by atoms with E-state index in [9.17, 15) is 9.18 Å². The van der Waals surface area contributed by atoms with Crippen LogP contribution in [0.1, 0.15) is 0 Å². The van der Waals surface area contributed by atoms with Crippen molar-refractivity contribution in [3.63, 3.8) is 0 Å². The third-order valence-corrected chi connectivity index (χ3v) is 6.08. The lowest BCUT2D eigenvalue weighted by molar-refractivity contribution is -0.111. The fraction of sp³-hybridized carbons (Fsp3) is 0.167. The first-order valence-electron chi connectivity index (χ1n) is 10.5. The molecular formula is C24H25FN6O2S2. The van der Waals surface area contributed by atoms with Crippen molar-refractivity contribution < 1.29 is 13.9 Å². The number of halogens is 1. The standard InChI is InChI=1S/C24H25FN6O2S2/c1-4-21(32)27-17-6-5-7-18(14-17)28-22-20(25)15-26-23(30-22)29-16-8-10-19(11-9-16)33-12-13-35-24(34)31(2)3/h4-11,14-15H,1,12-13H2,2-3H3,(H,27,32)(H2,26,28,29,30). The van der Waals surface area contributed by atoms with Crippen LogP contribution in [0.2, 0.25) is 0 Å². The van der Waals surface area contributed by atoms with Gasteiger partial charge in [-0.15, -0.1) is 0 Å². The highest BCUT2D eigenvalue weighted by Crippen LogP contribution is 2.23. The monoisotopic (exact) mass is 512 g/mol. The summed E-state index contributed by atoms with van der Waals surface area (Å²) < 4.78 is 20.9. The Bertz CT molecular complexity index is 1190. The third kappa shape index (κ3) is 8.23. The summed E-state index contributed by atoms with van der Waals surface area (Å²) in [5.74, 6) is 0.713. The van der Waals surface area contributed by atoms with Crippen molar-refractivity contribution in [1.82, 2.24) is 14.9 Å². The van der Waals surface area contributed by atoms with Crippen LogP contribution in [0.4, 0.5) is 33.2 Å². The predicted molar refractivity (Wildman–Crippen MR) is 145 cm³/mol. The zero-order chi connectivity index (χ0) is 25.2. The minimum atomic E-state index is -0.619. The Morgan fingerprint density at radius 2 is 1.91 bits per heavy atom. The Labute approximate surface area is 213 Å². The lowest BCUT2D eigenvalue weighted by Gasteiger charge is -2.13. The van der Waals surface area contributed by atoms with Gasteiger partial charge in [0.05, 0.1) is 12.8 Å². The molecule has 0 aliphatic heterocycles. The van der Waals surface area contributed by atoms with E-state index in [1.807, 2.05) is 43.3 Å². The molecule has 11 heteroatoms. The molecule has 0 saturated carbocycles. The molecule has 0 fully saturated rings. The smallest absolute Gasteiger partial charge is 0.247 e. The van der Waals surface area contributed by atoms with E-state index >= 15 is 0 Å². The number of carbonyl (C=O) groups excluding carboxylic acids is 1. The number of aromatic nitrogens is 2.